The molecule has 0 amide bonds. The van der Waals surface area contributed by atoms with Crippen LogP contribution in [0.25, 0.3) is 0 Å². The van der Waals surface area contributed by atoms with Crippen molar-refractivity contribution in [2.24, 2.45) is 0 Å². The van der Waals surface area contributed by atoms with Gasteiger partial charge in [0.25, 0.3) is 0 Å². The third-order valence-electron chi connectivity index (χ3n) is 3.13. The summed E-state index contributed by atoms with van der Waals surface area (Å²) in [6, 6.07) is 11.8. The van der Waals surface area contributed by atoms with Crippen molar-refractivity contribution in [2.45, 2.75) is 18.7 Å². The van der Waals surface area contributed by atoms with Crippen LogP contribution in [0.3, 0.4) is 0 Å². The number of hydrogen-bond donors (Lipinski definition) is 2. The van der Waals surface area contributed by atoms with E-state index in [1.807, 2.05) is 25.1 Å². The zero-order valence-corrected chi connectivity index (χ0v) is 12.5. The van der Waals surface area contributed by atoms with E-state index in [0.29, 0.717) is 5.69 Å². The minimum Gasteiger partial charge on any atom is -0.394 e. The number of nitrogens with zero attached hydrogens (tertiary/aromatic N) is 1. The standard InChI is InChI=1S/C15H18N2O3S/c1-12-6-2-3-8-14(12)15(10-18)17-21(19,20)11-13-7-4-5-9-16-13/h2-9,15,17-18H,10-11H2,1H3. The van der Waals surface area contributed by atoms with Crippen molar-refractivity contribution in [3.63, 3.8) is 0 Å². The summed E-state index contributed by atoms with van der Waals surface area (Å²) in [5.74, 6) is -0.212. The topological polar surface area (TPSA) is 79.3 Å². The Morgan fingerprint density at radius 1 is 1.19 bits per heavy atom. The van der Waals surface area contributed by atoms with Gasteiger partial charge in [-0.3, -0.25) is 4.98 Å². The summed E-state index contributed by atoms with van der Waals surface area (Å²) >= 11 is 0. The zero-order chi connectivity index (χ0) is 15.3. The fraction of sp³-hybridized carbons (Fsp3) is 0.267. The molecule has 0 saturated carbocycles. The van der Waals surface area contributed by atoms with Gasteiger partial charge in [-0.1, -0.05) is 30.3 Å². The van der Waals surface area contributed by atoms with Crippen LogP contribution in [0.5, 0.6) is 0 Å². The minimum absolute atomic E-state index is 0.212. The van der Waals surface area contributed by atoms with Gasteiger partial charge in [-0.05, 0) is 30.2 Å². The zero-order valence-electron chi connectivity index (χ0n) is 11.7. The second kappa shape index (κ2) is 6.80. The molecule has 5 nitrogen and oxygen atoms in total. The number of sulfonamides is 1. The highest BCUT2D eigenvalue weighted by atomic mass is 32.2. The molecule has 6 heteroatoms. The molecule has 2 rings (SSSR count). The average molecular weight is 306 g/mol. The number of nitrogens with one attached hydrogen (secondary N) is 1. The molecular weight excluding hydrogens is 288 g/mol. The fourth-order valence-electron chi connectivity index (χ4n) is 2.11. The van der Waals surface area contributed by atoms with E-state index in [0.717, 1.165) is 11.1 Å². The molecule has 112 valence electrons. The first-order valence-corrected chi connectivity index (χ1v) is 8.23. The lowest BCUT2D eigenvalue weighted by Gasteiger charge is -2.18. The van der Waals surface area contributed by atoms with Gasteiger partial charge in [0.05, 0.1) is 18.3 Å². The van der Waals surface area contributed by atoms with E-state index in [2.05, 4.69) is 9.71 Å². The van der Waals surface area contributed by atoms with Gasteiger partial charge < -0.3 is 5.11 Å². The van der Waals surface area contributed by atoms with Crippen LogP contribution in [0.15, 0.2) is 48.7 Å². The maximum Gasteiger partial charge on any atom is 0.217 e. The minimum atomic E-state index is -3.58. The molecule has 0 aliphatic heterocycles. The quantitative estimate of drug-likeness (QED) is 0.848. The van der Waals surface area contributed by atoms with Crippen LogP contribution in [0.1, 0.15) is 22.9 Å². The second-order valence-electron chi connectivity index (χ2n) is 4.79. The Bertz CT molecular complexity index is 687. The monoisotopic (exact) mass is 306 g/mol. The van der Waals surface area contributed by atoms with Crippen molar-refractivity contribution in [3.05, 3.63) is 65.5 Å². The number of benzene rings is 1. The van der Waals surface area contributed by atoms with E-state index in [9.17, 15) is 13.5 Å². The summed E-state index contributed by atoms with van der Waals surface area (Å²) in [4.78, 5) is 4.01. The van der Waals surface area contributed by atoms with E-state index in [1.165, 1.54) is 0 Å². The van der Waals surface area contributed by atoms with Crippen molar-refractivity contribution in [3.8, 4) is 0 Å². The predicted molar refractivity (Wildman–Crippen MR) is 81.0 cm³/mol. The van der Waals surface area contributed by atoms with Gasteiger partial charge in [0.1, 0.15) is 5.75 Å². The van der Waals surface area contributed by atoms with Crippen LogP contribution in [-0.4, -0.2) is 25.1 Å². The molecular formula is C15H18N2O3S. The predicted octanol–water partition coefficient (Wildman–Crippen LogP) is 1.54. The van der Waals surface area contributed by atoms with Crippen molar-refractivity contribution >= 4 is 10.0 Å². The summed E-state index contributed by atoms with van der Waals surface area (Å²) < 4.78 is 26.9. The summed E-state index contributed by atoms with van der Waals surface area (Å²) in [6.45, 7) is 1.58. The number of aryl methyl sites for hydroxylation is 1. The molecule has 1 unspecified atom stereocenters. The SMILES string of the molecule is Cc1ccccc1C(CO)NS(=O)(=O)Cc1ccccn1. The smallest absolute Gasteiger partial charge is 0.217 e. The van der Waals surface area contributed by atoms with Gasteiger partial charge in [-0.25, -0.2) is 13.1 Å². The number of rotatable bonds is 6. The van der Waals surface area contributed by atoms with Crippen LogP contribution in [0.4, 0.5) is 0 Å². The molecule has 0 radical (unpaired) electrons. The number of aromatic nitrogens is 1. The first kappa shape index (κ1) is 15.6. The molecule has 1 heterocycles. The highest BCUT2D eigenvalue weighted by molar-refractivity contribution is 7.88. The number of pyridine rings is 1. The Labute approximate surface area is 124 Å². The molecule has 0 aliphatic rings. The largest absolute Gasteiger partial charge is 0.394 e. The second-order valence-corrected chi connectivity index (χ2v) is 6.54. The number of hydrogen-bond acceptors (Lipinski definition) is 4. The maximum atomic E-state index is 12.2. The van der Waals surface area contributed by atoms with Crippen LogP contribution in [-0.2, 0) is 15.8 Å². The lowest BCUT2D eigenvalue weighted by molar-refractivity contribution is 0.258. The van der Waals surface area contributed by atoms with Crippen molar-refractivity contribution in [2.75, 3.05) is 6.61 Å². The van der Waals surface area contributed by atoms with E-state index in [1.54, 1.807) is 30.5 Å². The first-order chi connectivity index (χ1) is 10.0. The molecule has 0 aliphatic carbocycles. The lowest BCUT2D eigenvalue weighted by atomic mass is 10.0. The highest BCUT2D eigenvalue weighted by Gasteiger charge is 2.20. The summed E-state index contributed by atoms with van der Waals surface area (Å²) in [7, 11) is -3.58. The molecule has 1 aromatic carbocycles. The van der Waals surface area contributed by atoms with Crippen LogP contribution in [0, 0.1) is 6.92 Å². The van der Waals surface area contributed by atoms with Gasteiger partial charge in [-0.2, -0.15) is 0 Å². The van der Waals surface area contributed by atoms with E-state index < -0.39 is 16.1 Å². The fourth-order valence-corrected chi connectivity index (χ4v) is 3.39. The molecule has 0 bridgehead atoms. The van der Waals surface area contributed by atoms with Gasteiger partial charge in [0.2, 0.25) is 10.0 Å². The molecule has 2 aromatic rings. The third kappa shape index (κ3) is 4.35. The van der Waals surface area contributed by atoms with E-state index in [4.69, 9.17) is 0 Å². The summed E-state index contributed by atoms with van der Waals surface area (Å²) in [6.07, 6.45) is 1.55. The lowest BCUT2D eigenvalue weighted by Crippen LogP contribution is -2.32. The Morgan fingerprint density at radius 2 is 1.90 bits per heavy atom. The van der Waals surface area contributed by atoms with Crippen LogP contribution < -0.4 is 4.72 Å². The Hall–Kier alpha value is -1.76. The normalized spacial score (nSPS) is 13.0. The molecule has 1 atom stereocenters. The number of aliphatic hydroxyl groups excluding tert-OH is 1. The van der Waals surface area contributed by atoms with Gasteiger partial charge >= 0.3 is 0 Å². The van der Waals surface area contributed by atoms with Gasteiger partial charge in [0, 0.05) is 6.20 Å². The van der Waals surface area contributed by atoms with Gasteiger partial charge in [-0.15, -0.1) is 0 Å². The first-order valence-electron chi connectivity index (χ1n) is 6.58. The van der Waals surface area contributed by atoms with Gasteiger partial charge in [0.15, 0.2) is 0 Å². The number of aliphatic hydroxyl groups is 1. The van der Waals surface area contributed by atoms with Crippen molar-refractivity contribution in [1.82, 2.24) is 9.71 Å². The van der Waals surface area contributed by atoms with Crippen LogP contribution >= 0.6 is 0 Å². The van der Waals surface area contributed by atoms with Crippen molar-refractivity contribution in [1.29, 1.82) is 0 Å². The van der Waals surface area contributed by atoms with E-state index in [-0.39, 0.29) is 12.4 Å². The molecule has 1 aromatic heterocycles. The highest BCUT2D eigenvalue weighted by Crippen LogP contribution is 2.18. The molecule has 0 saturated heterocycles. The Balaban J connectivity index is 2.16. The van der Waals surface area contributed by atoms with Crippen molar-refractivity contribution < 1.29 is 13.5 Å². The Kier molecular flexibility index (Phi) is 5.06. The third-order valence-corrected chi connectivity index (χ3v) is 4.45. The summed E-state index contributed by atoms with van der Waals surface area (Å²) in [5, 5.41) is 9.49. The van der Waals surface area contributed by atoms with E-state index >= 15 is 0 Å². The molecule has 2 N–H and O–H groups in total. The van der Waals surface area contributed by atoms with Crippen LogP contribution in [0.2, 0.25) is 0 Å². The maximum absolute atomic E-state index is 12.2. The summed E-state index contributed by atoms with van der Waals surface area (Å²) in [5.41, 5.74) is 2.16. The Morgan fingerprint density at radius 3 is 2.52 bits per heavy atom. The molecule has 21 heavy (non-hydrogen) atoms. The molecule has 0 spiro atoms. The molecule has 0 fully saturated rings. The average Bonchev–Trinajstić information content (AvgIpc) is 2.46.